The highest BCUT2D eigenvalue weighted by atomic mass is 16.3. The van der Waals surface area contributed by atoms with Crippen LogP contribution in [0.3, 0.4) is 0 Å². The second kappa shape index (κ2) is 8.84. The molecule has 154 valence electrons. The van der Waals surface area contributed by atoms with Crippen LogP contribution in [0.25, 0.3) is 10.9 Å². The Morgan fingerprint density at radius 1 is 1.21 bits per heavy atom. The molecule has 2 aromatic heterocycles. The predicted molar refractivity (Wildman–Crippen MR) is 110 cm³/mol. The summed E-state index contributed by atoms with van der Waals surface area (Å²) in [6.07, 6.45) is 5.92. The van der Waals surface area contributed by atoms with Gasteiger partial charge in [-0.3, -0.25) is 4.79 Å². The van der Waals surface area contributed by atoms with E-state index in [9.17, 15) is 9.90 Å². The Kier molecular flexibility index (Phi) is 6.01. The van der Waals surface area contributed by atoms with Crippen LogP contribution in [0.5, 0.6) is 0 Å². The molecule has 0 spiro atoms. The van der Waals surface area contributed by atoms with E-state index in [-0.39, 0.29) is 12.2 Å². The minimum atomic E-state index is -0.0799. The van der Waals surface area contributed by atoms with E-state index in [0.29, 0.717) is 31.2 Å². The van der Waals surface area contributed by atoms with Gasteiger partial charge in [0.2, 0.25) is 5.82 Å². The summed E-state index contributed by atoms with van der Waals surface area (Å²) in [6.45, 7) is 3.71. The molecule has 0 bridgehead atoms. The molecule has 0 aliphatic heterocycles. The maximum absolute atomic E-state index is 12.6. The number of nitrogens with zero attached hydrogens (tertiary/aromatic N) is 4. The van der Waals surface area contributed by atoms with Gasteiger partial charge < -0.3 is 15.0 Å². The fourth-order valence-corrected chi connectivity index (χ4v) is 4.33. The Morgan fingerprint density at radius 2 is 2.03 bits per heavy atom. The third-order valence-electron chi connectivity index (χ3n) is 5.87. The van der Waals surface area contributed by atoms with E-state index in [1.807, 2.05) is 29.8 Å². The number of tetrazole rings is 1. The third kappa shape index (κ3) is 4.54. The summed E-state index contributed by atoms with van der Waals surface area (Å²) in [5, 5.41) is 23.0. The second-order valence-corrected chi connectivity index (χ2v) is 8.12. The fraction of sp³-hybridized carbons (Fsp3) is 0.524. The van der Waals surface area contributed by atoms with E-state index in [2.05, 4.69) is 26.6 Å². The number of hydrogen-bond acceptors (Lipinski definition) is 5. The SMILES string of the molecule is Cc1ccc2[nH]c(=O)c(C[NH+](CCO)Cc3nnnn3C3CCCCC3)cc2c1. The Labute approximate surface area is 169 Å². The molecule has 4 rings (SSSR count). The lowest BCUT2D eigenvalue weighted by molar-refractivity contribution is -0.928. The summed E-state index contributed by atoms with van der Waals surface area (Å²) in [4.78, 5) is 16.6. The molecule has 1 atom stereocenters. The minimum absolute atomic E-state index is 0.0465. The van der Waals surface area contributed by atoms with Crippen molar-refractivity contribution in [3.05, 3.63) is 51.6 Å². The van der Waals surface area contributed by atoms with Gasteiger partial charge in [0, 0.05) is 5.52 Å². The van der Waals surface area contributed by atoms with Crippen LogP contribution in [0.15, 0.2) is 29.1 Å². The molecular weight excluding hydrogens is 368 g/mol. The quantitative estimate of drug-likeness (QED) is 0.550. The maximum Gasteiger partial charge on any atom is 0.257 e. The number of aliphatic hydroxyl groups is 1. The van der Waals surface area contributed by atoms with Crippen molar-refractivity contribution in [2.45, 2.75) is 58.2 Å². The molecule has 1 saturated carbocycles. The third-order valence-corrected chi connectivity index (χ3v) is 5.87. The molecule has 1 aliphatic carbocycles. The van der Waals surface area contributed by atoms with Gasteiger partial charge in [-0.25, -0.2) is 4.68 Å². The lowest BCUT2D eigenvalue weighted by Gasteiger charge is -2.23. The van der Waals surface area contributed by atoms with E-state index in [4.69, 9.17) is 0 Å². The monoisotopic (exact) mass is 397 g/mol. The van der Waals surface area contributed by atoms with Crippen molar-refractivity contribution in [3.8, 4) is 0 Å². The number of hydrogen-bond donors (Lipinski definition) is 3. The van der Waals surface area contributed by atoms with Crippen LogP contribution < -0.4 is 10.5 Å². The molecule has 8 nitrogen and oxygen atoms in total. The summed E-state index contributed by atoms with van der Waals surface area (Å²) in [5.41, 5.74) is 2.63. The highest BCUT2D eigenvalue weighted by molar-refractivity contribution is 5.79. The number of aromatic nitrogens is 5. The highest BCUT2D eigenvalue weighted by Gasteiger charge is 2.23. The van der Waals surface area contributed by atoms with Gasteiger partial charge in [-0.1, -0.05) is 30.9 Å². The van der Waals surface area contributed by atoms with Crippen molar-refractivity contribution in [2.75, 3.05) is 13.2 Å². The molecular formula is C21H29N6O2+. The van der Waals surface area contributed by atoms with Crippen LogP contribution in [0.2, 0.25) is 0 Å². The number of pyridine rings is 1. The zero-order chi connectivity index (χ0) is 20.2. The number of quaternary nitrogens is 1. The molecule has 3 aromatic rings. The van der Waals surface area contributed by atoms with Crippen LogP contribution in [0.1, 0.15) is 55.1 Å². The zero-order valence-corrected chi connectivity index (χ0v) is 16.9. The normalized spacial score (nSPS) is 16.3. The predicted octanol–water partition coefficient (Wildman–Crippen LogP) is 0.906. The minimum Gasteiger partial charge on any atom is -0.391 e. The van der Waals surface area contributed by atoms with Crippen molar-refractivity contribution in [2.24, 2.45) is 0 Å². The summed E-state index contributed by atoms with van der Waals surface area (Å²) in [7, 11) is 0. The first kappa shape index (κ1) is 19.7. The Hall–Kier alpha value is -2.58. The van der Waals surface area contributed by atoms with Crippen molar-refractivity contribution in [1.29, 1.82) is 0 Å². The molecule has 2 heterocycles. The molecule has 8 heteroatoms. The van der Waals surface area contributed by atoms with Crippen molar-refractivity contribution >= 4 is 10.9 Å². The summed E-state index contributed by atoms with van der Waals surface area (Å²) in [6, 6.07) is 8.32. The first-order chi connectivity index (χ1) is 14.1. The topological polar surface area (TPSA) is 101 Å². The van der Waals surface area contributed by atoms with E-state index in [1.165, 1.54) is 19.3 Å². The van der Waals surface area contributed by atoms with Gasteiger partial charge in [-0.2, -0.15) is 0 Å². The molecule has 3 N–H and O–H groups in total. The number of aryl methyl sites for hydroxylation is 1. The van der Waals surface area contributed by atoms with Crippen molar-refractivity contribution in [3.63, 3.8) is 0 Å². The average Bonchev–Trinajstić information content (AvgIpc) is 3.18. The average molecular weight is 398 g/mol. The summed E-state index contributed by atoms with van der Waals surface area (Å²) >= 11 is 0. The van der Waals surface area contributed by atoms with Gasteiger partial charge in [-0.15, -0.1) is 5.10 Å². The van der Waals surface area contributed by atoms with Gasteiger partial charge in [0.1, 0.15) is 19.6 Å². The standard InChI is InChI=1S/C21H28N6O2/c1-15-7-8-19-16(11-15)12-17(21(29)22-19)13-26(9-10-28)14-20-23-24-25-27(20)18-5-3-2-4-6-18/h7-8,11-12,18,28H,2-6,9-10,13-14H2,1H3,(H,22,29)/p+1. The molecule has 1 aliphatic rings. The Balaban J connectivity index is 1.56. The van der Waals surface area contributed by atoms with Gasteiger partial charge in [0.15, 0.2) is 0 Å². The van der Waals surface area contributed by atoms with Crippen LogP contribution >= 0.6 is 0 Å². The van der Waals surface area contributed by atoms with Gasteiger partial charge in [-0.05, 0) is 53.8 Å². The van der Waals surface area contributed by atoms with Crippen LogP contribution in [-0.2, 0) is 13.1 Å². The first-order valence-electron chi connectivity index (χ1n) is 10.5. The molecule has 1 aromatic carbocycles. The first-order valence-corrected chi connectivity index (χ1v) is 10.5. The van der Waals surface area contributed by atoms with E-state index < -0.39 is 0 Å². The number of fused-ring (bicyclic) bond motifs is 1. The lowest BCUT2D eigenvalue weighted by Crippen LogP contribution is -3.10. The lowest BCUT2D eigenvalue weighted by atomic mass is 9.95. The second-order valence-electron chi connectivity index (χ2n) is 8.12. The molecule has 1 fully saturated rings. The molecule has 0 saturated heterocycles. The van der Waals surface area contributed by atoms with Gasteiger partial charge in [0.05, 0.1) is 18.2 Å². The number of H-pyrrole nitrogens is 1. The van der Waals surface area contributed by atoms with Gasteiger partial charge >= 0.3 is 0 Å². The summed E-state index contributed by atoms with van der Waals surface area (Å²) in [5.74, 6) is 0.827. The fourth-order valence-electron chi connectivity index (χ4n) is 4.33. The van der Waals surface area contributed by atoms with Crippen LogP contribution in [0.4, 0.5) is 0 Å². The number of aromatic amines is 1. The number of nitrogens with one attached hydrogen (secondary N) is 2. The molecule has 0 radical (unpaired) electrons. The maximum atomic E-state index is 12.6. The van der Waals surface area contributed by atoms with Gasteiger partial charge in [0.25, 0.3) is 5.56 Å². The number of aliphatic hydroxyl groups excluding tert-OH is 1. The largest absolute Gasteiger partial charge is 0.391 e. The molecule has 29 heavy (non-hydrogen) atoms. The molecule has 1 unspecified atom stereocenters. The highest BCUT2D eigenvalue weighted by Crippen LogP contribution is 2.27. The Morgan fingerprint density at radius 3 is 2.83 bits per heavy atom. The van der Waals surface area contributed by atoms with Crippen LogP contribution in [-0.4, -0.2) is 43.4 Å². The van der Waals surface area contributed by atoms with Crippen LogP contribution in [0, 0.1) is 6.92 Å². The smallest absolute Gasteiger partial charge is 0.257 e. The number of rotatable bonds is 7. The van der Waals surface area contributed by atoms with E-state index >= 15 is 0 Å². The number of benzene rings is 1. The van der Waals surface area contributed by atoms with E-state index in [0.717, 1.165) is 40.0 Å². The molecule has 0 amide bonds. The van der Waals surface area contributed by atoms with Crippen molar-refractivity contribution in [1.82, 2.24) is 25.2 Å². The zero-order valence-electron chi connectivity index (χ0n) is 16.9. The Bertz CT molecular complexity index is 1020. The van der Waals surface area contributed by atoms with E-state index in [1.54, 1.807) is 0 Å². The van der Waals surface area contributed by atoms with Crippen molar-refractivity contribution < 1.29 is 10.0 Å². The summed E-state index contributed by atoms with van der Waals surface area (Å²) < 4.78 is 1.96.